The second-order valence-electron chi connectivity index (χ2n) is 4.50. The van der Waals surface area contributed by atoms with E-state index >= 15 is 0 Å². The maximum atomic E-state index is 12.9. The molecule has 1 aliphatic heterocycles. The molecule has 17 heavy (non-hydrogen) atoms. The molecule has 0 aromatic carbocycles. The lowest BCUT2D eigenvalue weighted by atomic mass is 9.98. The fourth-order valence-corrected chi connectivity index (χ4v) is 2.18. The molecule has 0 radical (unpaired) electrons. The number of Topliss-reactive ketones (excluding diaryl/α,β-unsaturated/α-hetero) is 1. The molecule has 1 fully saturated rings. The largest absolute Gasteiger partial charge is 0.314 e. The van der Waals surface area contributed by atoms with Gasteiger partial charge >= 0.3 is 0 Å². The molecule has 0 bridgehead atoms. The number of ketones is 1. The Morgan fingerprint density at radius 3 is 3.06 bits per heavy atom. The maximum Gasteiger partial charge on any atom is 0.164 e. The lowest BCUT2D eigenvalue weighted by Gasteiger charge is -2.22. The van der Waals surface area contributed by atoms with Crippen LogP contribution < -0.4 is 5.32 Å². The molecule has 92 valence electrons. The number of nitrogens with zero attached hydrogens (tertiary/aromatic N) is 1. The Balaban J connectivity index is 1.84. The molecule has 0 spiro atoms. The minimum absolute atomic E-state index is 0.0237. The van der Waals surface area contributed by atoms with E-state index in [0.717, 1.165) is 25.6 Å². The van der Waals surface area contributed by atoms with Crippen LogP contribution in [0, 0.1) is 5.82 Å². The number of aromatic nitrogens is 1. The Labute approximate surface area is 100 Å². The minimum Gasteiger partial charge on any atom is -0.314 e. The Morgan fingerprint density at radius 1 is 1.47 bits per heavy atom. The van der Waals surface area contributed by atoms with Crippen LogP contribution in [0.15, 0.2) is 18.5 Å². The zero-order valence-corrected chi connectivity index (χ0v) is 9.79. The Morgan fingerprint density at radius 2 is 2.35 bits per heavy atom. The molecule has 1 unspecified atom stereocenters. The standard InChI is InChI=1S/C13H17FN2O/c14-11-7-10(8-15-9-11)13(17)5-4-12-3-1-2-6-16-12/h7-9,12,16H,1-6H2. The van der Waals surface area contributed by atoms with Gasteiger partial charge in [0.1, 0.15) is 5.82 Å². The monoisotopic (exact) mass is 236 g/mol. The number of carbonyl (C=O) groups excluding carboxylic acids is 1. The SMILES string of the molecule is O=C(CCC1CCCCN1)c1cncc(F)c1. The summed E-state index contributed by atoms with van der Waals surface area (Å²) in [5, 5.41) is 3.40. The van der Waals surface area contributed by atoms with Crippen molar-refractivity contribution < 1.29 is 9.18 Å². The molecule has 1 aromatic heterocycles. The summed E-state index contributed by atoms with van der Waals surface area (Å²) in [6.07, 6.45) is 7.41. The quantitative estimate of drug-likeness (QED) is 0.816. The van der Waals surface area contributed by atoms with E-state index in [-0.39, 0.29) is 5.78 Å². The van der Waals surface area contributed by atoms with Crippen molar-refractivity contribution >= 4 is 5.78 Å². The highest BCUT2D eigenvalue weighted by Gasteiger charge is 2.15. The van der Waals surface area contributed by atoms with E-state index in [0.29, 0.717) is 18.0 Å². The van der Waals surface area contributed by atoms with Gasteiger partial charge < -0.3 is 5.32 Å². The van der Waals surface area contributed by atoms with Crippen molar-refractivity contribution in [3.63, 3.8) is 0 Å². The van der Waals surface area contributed by atoms with Gasteiger partial charge in [-0.05, 0) is 31.9 Å². The average molecular weight is 236 g/mol. The minimum atomic E-state index is -0.452. The van der Waals surface area contributed by atoms with Crippen LogP contribution in [0.2, 0.25) is 0 Å². The van der Waals surface area contributed by atoms with Crippen molar-refractivity contribution in [3.05, 3.63) is 29.8 Å². The van der Waals surface area contributed by atoms with Gasteiger partial charge in [-0.15, -0.1) is 0 Å². The van der Waals surface area contributed by atoms with Crippen LogP contribution in [0.1, 0.15) is 42.5 Å². The zero-order valence-electron chi connectivity index (χ0n) is 9.79. The van der Waals surface area contributed by atoms with E-state index in [4.69, 9.17) is 0 Å². The van der Waals surface area contributed by atoms with E-state index < -0.39 is 5.82 Å². The summed E-state index contributed by atoms with van der Waals surface area (Å²) in [6.45, 7) is 1.04. The fourth-order valence-electron chi connectivity index (χ4n) is 2.18. The summed E-state index contributed by atoms with van der Waals surface area (Å²) in [4.78, 5) is 15.5. The summed E-state index contributed by atoms with van der Waals surface area (Å²) in [5.74, 6) is -0.476. The lowest BCUT2D eigenvalue weighted by molar-refractivity contribution is 0.0973. The first-order valence-corrected chi connectivity index (χ1v) is 6.13. The number of hydrogen-bond acceptors (Lipinski definition) is 3. The number of halogens is 1. The van der Waals surface area contributed by atoms with Crippen LogP contribution in [-0.4, -0.2) is 23.4 Å². The molecule has 3 nitrogen and oxygen atoms in total. The predicted octanol–water partition coefficient (Wildman–Crippen LogP) is 2.33. The molecule has 1 atom stereocenters. The van der Waals surface area contributed by atoms with E-state index in [9.17, 15) is 9.18 Å². The number of rotatable bonds is 4. The Hall–Kier alpha value is -1.29. The van der Waals surface area contributed by atoms with Crippen molar-refractivity contribution in [2.45, 2.75) is 38.1 Å². The van der Waals surface area contributed by atoms with Gasteiger partial charge in [0.15, 0.2) is 5.78 Å². The van der Waals surface area contributed by atoms with E-state index in [1.165, 1.54) is 25.1 Å². The molecule has 0 amide bonds. The van der Waals surface area contributed by atoms with Crippen LogP contribution in [0.4, 0.5) is 4.39 Å². The number of nitrogens with one attached hydrogen (secondary N) is 1. The van der Waals surface area contributed by atoms with E-state index in [1.54, 1.807) is 0 Å². The van der Waals surface area contributed by atoms with Crippen LogP contribution in [0.25, 0.3) is 0 Å². The molecule has 1 saturated heterocycles. The molecule has 0 saturated carbocycles. The van der Waals surface area contributed by atoms with Gasteiger partial charge in [-0.2, -0.15) is 0 Å². The van der Waals surface area contributed by atoms with Crippen LogP contribution in [0.5, 0.6) is 0 Å². The highest BCUT2D eigenvalue weighted by Crippen LogP contribution is 2.14. The summed E-state index contributed by atoms with van der Waals surface area (Å²) >= 11 is 0. The normalized spacial score (nSPS) is 20.2. The molecule has 2 rings (SSSR count). The average Bonchev–Trinajstić information content (AvgIpc) is 2.37. The highest BCUT2D eigenvalue weighted by molar-refractivity contribution is 5.95. The Bertz CT molecular complexity index is 389. The number of pyridine rings is 1. The molecule has 2 heterocycles. The van der Waals surface area contributed by atoms with Crippen molar-refractivity contribution in [3.8, 4) is 0 Å². The van der Waals surface area contributed by atoms with E-state index in [1.807, 2.05) is 0 Å². The first kappa shape index (κ1) is 12.2. The van der Waals surface area contributed by atoms with Crippen molar-refractivity contribution in [2.75, 3.05) is 6.54 Å². The second-order valence-corrected chi connectivity index (χ2v) is 4.50. The van der Waals surface area contributed by atoms with Gasteiger partial charge in [0.05, 0.1) is 6.20 Å². The third-order valence-corrected chi connectivity index (χ3v) is 3.16. The molecular weight excluding hydrogens is 219 g/mol. The van der Waals surface area contributed by atoms with Crippen LogP contribution >= 0.6 is 0 Å². The van der Waals surface area contributed by atoms with Gasteiger partial charge in [-0.3, -0.25) is 9.78 Å². The first-order valence-electron chi connectivity index (χ1n) is 6.13. The van der Waals surface area contributed by atoms with Crippen molar-refractivity contribution in [2.24, 2.45) is 0 Å². The van der Waals surface area contributed by atoms with Gasteiger partial charge in [-0.25, -0.2) is 4.39 Å². The number of hydrogen-bond donors (Lipinski definition) is 1. The van der Waals surface area contributed by atoms with Gasteiger partial charge in [0.2, 0.25) is 0 Å². The second kappa shape index (κ2) is 5.87. The van der Waals surface area contributed by atoms with Crippen molar-refractivity contribution in [1.82, 2.24) is 10.3 Å². The summed E-state index contributed by atoms with van der Waals surface area (Å²) in [5.41, 5.74) is 0.376. The predicted molar refractivity (Wildman–Crippen MR) is 63.4 cm³/mol. The third kappa shape index (κ3) is 3.60. The highest BCUT2D eigenvalue weighted by atomic mass is 19.1. The molecule has 1 aromatic rings. The smallest absolute Gasteiger partial charge is 0.164 e. The van der Waals surface area contributed by atoms with Gasteiger partial charge in [0, 0.05) is 24.2 Å². The number of piperidine rings is 1. The third-order valence-electron chi connectivity index (χ3n) is 3.16. The van der Waals surface area contributed by atoms with Crippen LogP contribution in [0.3, 0.4) is 0 Å². The summed E-state index contributed by atoms with van der Waals surface area (Å²) in [7, 11) is 0. The molecular formula is C13H17FN2O. The topological polar surface area (TPSA) is 42.0 Å². The van der Waals surface area contributed by atoms with Gasteiger partial charge in [0.25, 0.3) is 0 Å². The molecule has 1 aliphatic rings. The zero-order chi connectivity index (χ0) is 12.1. The first-order chi connectivity index (χ1) is 8.25. The van der Waals surface area contributed by atoms with Crippen molar-refractivity contribution in [1.29, 1.82) is 0 Å². The Kier molecular flexibility index (Phi) is 4.20. The van der Waals surface area contributed by atoms with Crippen LogP contribution in [-0.2, 0) is 0 Å². The number of carbonyl (C=O) groups is 1. The molecule has 0 aliphatic carbocycles. The maximum absolute atomic E-state index is 12.9. The molecule has 4 heteroatoms. The fraction of sp³-hybridized carbons (Fsp3) is 0.538. The summed E-state index contributed by atoms with van der Waals surface area (Å²) in [6, 6.07) is 1.69. The van der Waals surface area contributed by atoms with Gasteiger partial charge in [-0.1, -0.05) is 6.42 Å². The van der Waals surface area contributed by atoms with E-state index in [2.05, 4.69) is 10.3 Å². The summed E-state index contributed by atoms with van der Waals surface area (Å²) < 4.78 is 12.9. The lowest BCUT2D eigenvalue weighted by Crippen LogP contribution is -2.34. The molecule has 1 N–H and O–H groups in total.